The van der Waals surface area contributed by atoms with Crippen LogP contribution in [0.3, 0.4) is 0 Å². The van der Waals surface area contributed by atoms with Crippen LogP contribution in [0.25, 0.3) is 0 Å². The molecule has 0 spiro atoms. The number of aliphatic hydroxyl groups is 1. The standard InChI is InChI=1S/C40H50O3/c1-30(20-14-23-33(4)24-15-21-32(3)19-12-13-26-35(6)41)17-10-11-18-31(2)22-16-25-34(5)27-28-37-36(7)39(43)38(42)29-40(37,8)9/h10-28,38,42H,29H2,1-9H3/b11-10+,19-12+,20-14+,22-16+,24-15+,26-13+,28-27+,30-17+,31-18+,32-21+,33-23+,34-25+. The molecule has 228 valence electrons. The van der Waals surface area contributed by atoms with Crippen LogP contribution in [-0.2, 0) is 9.59 Å². The molecule has 0 aromatic carbocycles. The summed E-state index contributed by atoms with van der Waals surface area (Å²) in [6.45, 7) is 17.7. The summed E-state index contributed by atoms with van der Waals surface area (Å²) in [6.07, 6.45) is 37.3. The maximum absolute atomic E-state index is 12.2. The van der Waals surface area contributed by atoms with Crippen molar-refractivity contribution in [3.8, 4) is 0 Å². The van der Waals surface area contributed by atoms with Crippen molar-refractivity contribution in [1.29, 1.82) is 0 Å². The maximum atomic E-state index is 12.2. The zero-order chi connectivity index (χ0) is 32.4. The Kier molecular flexibility index (Phi) is 16.5. The minimum Gasteiger partial charge on any atom is -0.385 e. The predicted molar refractivity (Wildman–Crippen MR) is 186 cm³/mol. The first kappa shape index (κ1) is 36.9. The number of aliphatic hydroxyl groups excluding tert-OH is 1. The predicted octanol–water partition coefficient (Wildman–Crippen LogP) is 9.88. The number of Topliss-reactive ketones (excluding diaryl/α,β-unsaturated/α-hetero) is 1. The first-order valence-electron chi connectivity index (χ1n) is 14.8. The average molecular weight is 579 g/mol. The molecule has 0 aliphatic heterocycles. The molecule has 0 fully saturated rings. The molecule has 0 saturated heterocycles. The van der Waals surface area contributed by atoms with E-state index in [-0.39, 0.29) is 17.0 Å². The SMILES string of the molecule is CC(=O)/C=C/C=C/C(C)=C/C=C/C(C)=C/C=C/C(C)=C/C=C/C=C(C)/C=C/C=C(C)/C=C/C1=C(C)C(=O)C(O)CC1(C)C. The van der Waals surface area contributed by atoms with Gasteiger partial charge in [0.2, 0.25) is 0 Å². The highest BCUT2D eigenvalue weighted by molar-refractivity contribution is 6.00. The van der Waals surface area contributed by atoms with E-state index in [0.717, 1.165) is 33.4 Å². The molecule has 1 aliphatic rings. The molecule has 43 heavy (non-hydrogen) atoms. The lowest BCUT2D eigenvalue weighted by Crippen LogP contribution is -2.35. The summed E-state index contributed by atoms with van der Waals surface area (Å²) < 4.78 is 0. The van der Waals surface area contributed by atoms with Crippen molar-refractivity contribution in [2.75, 3.05) is 0 Å². The van der Waals surface area contributed by atoms with Crippen molar-refractivity contribution < 1.29 is 14.7 Å². The van der Waals surface area contributed by atoms with Crippen molar-refractivity contribution in [1.82, 2.24) is 0 Å². The molecule has 3 heteroatoms. The Hall–Kier alpha value is -4.08. The van der Waals surface area contributed by atoms with Gasteiger partial charge in [0.1, 0.15) is 6.10 Å². The number of hydrogen-bond acceptors (Lipinski definition) is 3. The van der Waals surface area contributed by atoms with Crippen molar-refractivity contribution in [3.05, 3.63) is 154 Å². The van der Waals surface area contributed by atoms with E-state index >= 15 is 0 Å². The Morgan fingerprint density at radius 1 is 0.628 bits per heavy atom. The molecule has 0 amide bonds. The molecule has 0 aromatic heterocycles. The Morgan fingerprint density at radius 2 is 1.00 bits per heavy atom. The van der Waals surface area contributed by atoms with E-state index in [1.807, 2.05) is 80.7 Å². The normalized spacial score (nSPS) is 20.3. The monoisotopic (exact) mass is 578 g/mol. The molecule has 0 saturated carbocycles. The summed E-state index contributed by atoms with van der Waals surface area (Å²) in [4.78, 5) is 23.1. The van der Waals surface area contributed by atoms with Gasteiger partial charge in [-0.25, -0.2) is 0 Å². The zero-order valence-electron chi connectivity index (χ0n) is 27.5. The van der Waals surface area contributed by atoms with Gasteiger partial charge < -0.3 is 5.11 Å². The maximum Gasteiger partial charge on any atom is 0.187 e. The first-order valence-corrected chi connectivity index (χ1v) is 14.8. The van der Waals surface area contributed by atoms with Crippen LogP contribution in [0, 0.1) is 5.41 Å². The molecule has 1 rings (SSSR count). The summed E-state index contributed by atoms with van der Waals surface area (Å²) >= 11 is 0. The van der Waals surface area contributed by atoms with Gasteiger partial charge in [-0.15, -0.1) is 0 Å². The molecule has 0 heterocycles. The van der Waals surface area contributed by atoms with Crippen LogP contribution < -0.4 is 0 Å². The second-order valence-corrected chi connectivity index (χ2v) is 11.7. The van der Waals surface area contributed by atoms with Crippen LogP contribution in [0.5, 0.6) is 0 Å². The molecule has 0 bridgehead atoms. The molecule has 0 aromatic rings. The summed E-state index contributed by atoms with van der Waals surface area (Å²) in [6, 6.07) is 0. The fraction of sp³-hybridized carbons (Fsp3) is 0.300. The van der Waals surface area contributed by atoms with Gasteiger partial charge >= 0.3 is 0 Å². The van der Waals surface area contributed by atoms with E-state index < -0.39 is 6.10 Å². The van der Waals surface area contributed by atoms with Gasteiger partial charge in [0.15, 0.2) is 11.6 Å². The molecule has 1 aliphatic carbocycles. The van der Waals surface area contributed by atoms with E-state index in [4.69, 9.17) is 0 Å². The van der Waals surface area contributed by atoms with Gasteiger partial charge in [-0.2, -0.15) is 0 Å². The molecular weight excluding hydrogens is 528 g/mol. The number of carbonyl (C=O) groups is 2. The zero-order valence-corrected chi connectivity index (χ0v) is 27.5. The van der Waals surface area contributed by atoms with Crippen LogP contribution in [0.1, 0.15) is 68.7 Å². The summed E-state index contributed by atoms with van der Waals surface area (Å²) in [7, 11) is 0. The number of allylic oxidation sites excluding steroid dienone is 25. The van der Waals surface area contributed by atoms with Gasteiger partial charge in [0.25, 0.3) is 0 Å². The van der Waals surface area contributed by atoms with E-state index in [2.05, 4.69) is 71.1 Å². The summed E-state index contributed by atoms with van der Waals surface area (Å²) in [5, 5.41) is 10.0. The summed E-state index contributed by atoms with van der Waals surface area (Å²) in [5.41, 5.74) is 7.02. The van der Waals surface area contributed by atoms with Crippen LogP contribution in [-0.4, -0.2) is 22.8 Å². The number of ketones is 2. The lowest BCUT2D eigenvalue weighted by Gasteiger charge is -2.34. The second kappa shape index (κ2) is 19.2. The van der Waals surface area contributed by atoms with E-state index in [9.17, 15) is 14.7 Å². The topological polar surface area (TPSA) is 54.4 Å². The smallest absolute Gasteiger partial charge is 0.187 e. The van der Waals surface area contributed by atoms with Gasteiger partial charge in [-0.05, 0) is 77.5 Å². The van der Waals surface area contributed by atoms with Gasteiger partial charge in [0, 0.05) is 0 Å². The highest BCUT2D eigenvalue weighted by Crippen LogP contribution is 2.39. The number of carbonyl (C=O) groups excluding carboxylic acids is 2. The lowest BCUT2D eigenvalue weighted by molar-refractivity contribution is -0.125. The van der Waals surface area contributed by atoms with Crippen molar-refractivity contribution in [3.63, 3.8) is 0 Å². The van der Waals surface area contributed by atoms with Crippen LogP contribution in [0.2, 0.25) is 0 Å². The largest absolute Gasteiger partial charge is 0.385 e. The van der Waals surface area contributed by atoms with E-state index in [1.54, 1.807) is 19.1 Å². The third kappa shape index (κ3) is 15.6. The minimum absolute atomic E-state index is 0.0402. The molecule has 0 radical (unpaired) electrons. The fourth-order valence-electron chi connectivity index (χ4n) is 4.29. The van der Waals surface area contributed by atoms with Crippen LogP contribution in [0.15, 0.2) is 154 Å². The third-order valence-electron chi connectivity index (χ3n) is 6.81. The van der Waals surface area contributed by atoms with Gasteiger partial charge in [0.05, 0.1) is 0 Å². The number of rotatable bonds is 13. The van der Waals surface area contributed by atoms with E-state index in [1.165, 1.54) is 6.92 Å². The molecule has 3 nitrogen and oxygen atoms in total. The third-order valence-corrected chi connectivity index (χ3v) is 6.81. The Bertz CT molecular complexity index is 1400. The Morgan fingerprint density at radius 3 is 1.44 bits per heavy atom. The van der Waals surface area contributed by atoms with Crippen molar-refractivity contribution >= 4 is 11.6 Å². The van der Waals surface area contributed by atoms with Gasteiger partial charge in [-0.1, -0.05) is 151 Å². The quantitative estimate of drug-likeness (QED) is 0.175. The molecule has 1 unspecified atom stereocenters. The highest BCUT2D eigenvalue weighted by atomic mass is 16.3. The van der Waals surface area contributed by atoms with Crippen molar-refractivity contribution in [2.45, 2.75) is 74.8 Å². The Balaban J connectivity index is 2.66. The molecule has 1 N–H and O–H groups in total. The average Bonchev–Trinajstić information content (AvgIpc) is 2.91. The lowest BCUT2D eigenvalue weighted by atomic mass is 9.71. The number of hydrogen-bond donors (Lipinski definition) is 1. The highest BCUT2D eigenvalue weighted by Gasteiger charge is 2.36. The fourth-order valence-corrected chi connectivity index (χ4v) is 4.29. The van der Waals surface area contributed by atoms with Crippen molar-refractivity contribution in [2.24, 2.45) is 5.41 Å². The Labute approximate surface area is 260 Å². The minimum atomic E-state index is -0.901. The van der Waals surface area contributed by atoms with Crippen LogP contribution >= 0.6 is 0 Å². The second-order valence-electron chi connectivity index (χ2n) is 11.7. The van der Waals surface area contributed by atoms with Crippen LogP contribution in [0.4, 0.5) is 0 Å². The molecular formula is C40H50O3. The first-order chi connectivity index (χ1) is 20.2. The summed E-state index contributed by atoms with van der Waals surface area (Å²) in [5.74, 6) is -0.130. The molecule has 1 atom stereocenters. The van der Waals surface area contributed by atoms with E-state index in [0.29, 0.717) is 12.0 Å². The van der Waals surface area contributed by atoms with Gasteiger partial charge in [-0.3, -0.25) is 9.59 Å².